The second-order valence-corrected chi connectivity index (χ2v) is 9.40. The van der Waals surface area contributed by atoms with Crippen LogP contribution in [0.15, 0.2) is 17.5 Å². The van der Waals surface area contributed by atoms with Gasteiger partial charge in [-0.1, -0.05) is 6.92 Å². The van der Waals surface area contributed by atoms with Gasteiger partial charge < -0.3 is 9.80 Å². The number of nitrogens with one attached hydrogen (secondary N) is 1. The molecule has 29 heavy (non-hydrogen) atoms. The monoisotopic (exact) mass is 412 g/mol. The minimum atomic E-state index is -0.121. The van der Waals surface area contributed by atoms with E-state index in [2.05, 4.69) is 39.2 Å². The van der Waals surface area contributed by atoms with Gasteiger partial charge in [0.05, 0.1) is 17.4 Å². The first-order chi connectivity index (χ1) is 14.1. The Kier molecular flexibility index (Phi) is 4.81. The van der Waals surface area contributed by atoms with Crippen LogP contribution in [0.4, 0.5) is 27.2 Å². The first kappa shape index (κ1) is 18.7. The Balaban J connectivity index is 1.49. The van der Waals surface area contributed by atoms with Gasteiger partial charge in [0.2, 0.25) is 0 Å². The second-order valence-electron chi connectivity index (χ2n) is 8.54. The van der Waals surface area contributed by atoms with Gasteiger partial charge in [-0.05, 0) is 50.7 Å². The maximum Gasteiger partial charge on any atom is 0.329 e. The van der Waals surface area contributed by atoms with E-state index in [0.717, 1.165) is 62.0 Å². The van der Waals surface area contributed by atoms with E-state index in [0.29, 0.717) is 11.0 Å². The third kappa shape index (κ3) is 3.54. The summed E-state index contributed by atoms with van der Waals surface area (Å²) in [5.74, 6) is 2.46. The van der Waals surface area contributed by atoms with Crippen molar-refractivity contribution in [3.05, 3.63) is 23.2 Å². The highest BCUT2D eigenvalue weighted by molar-refractivity contribution is 7.13. The molecule has 8 heteroatoms. The lowest BCUT2D eigenvalue weighted by Crippen LogP contribution is -2.56. The molecule has 0 spiro atoms. The largest absolute Gasteiger partial charge is 0.366 e. The molecule has 1 unspecified atom stereocenters. The molecule has 1 N–H and O–H groups in total. The first-order valence-electron chi connectivity index (χ1n) is 10.6. The Morgan fingerprint density at radius 3 is 2.76 bits per heavy atom. The minimum absolute atomic E-state index is 0.121. The molecule has 2 bridgehead atoms. The SMILES string of the molecule is Cc1csc(NC(=O)N2c3nc(N4CCCC(C)C4)ccc3N3CCC[C@H]2C3)n1. The summed E-state index contributed by atoms with van der Waals surface area (Å²) in [6, 6.07) is 4.32. The Labute approximate surface area is 175 Å². The van der Waals surface area contributed by atoms with Gasteiger partial charge in [0.25, 0.3) is 0 Å². The number of carbonyl (C=O) groups is 1. The van der Waals surface area contributed by atoms with Crippen molar-refractivity contribution in [3.63, 3.8) is 0 Å². The number of carbonyl (C=O) groups excluding carboxylic acids is 1. The van der Waals surface area contributed by atoms with Crippen LogP contribution < -0.4 is 20.0 Å². The van der Waals surface area contributed by atoms with Crippen LogP contribution in [-0.4, -0.2) is 48.2 Å². The molecule has 3 aliphatic rings. The standard InChI is InChI=1S/C21H28N6OS/c1-14-5-3-10-26(11-14)18-8-7-17-19(23-18)27(16-6-4-9-25(17)12-16)21(28)24-20-22-15(2)13-29-20/h7-8,13-14,16H,3-6,9-12H2,1-2H3,(H,22,24,28)/t14?,16-/m0/s1. The van der Waals surface area contributed by atoms with Crippen LogP contribution >= 0.6 is 11.3 Å². The highest BCUT2D eigenvalue weighted by atomic mass is 32.1. The van der Waals surface area contributed by atoms with Crippen molar-refractivity contribution >= 4 is 39.8 Å². The molecule has 3 aliphatic heterocycles. The molecule has 2 atom stereocenters. The second kappa shape index (κ2) is 7.48. The van der Waals surface area contributed by atoms with Gasteiger partial charge in [-0.15, -0.1) is 11.3 Å². The summed E-state index contributed by atoms with van der Waals surface area (Å²) in [5, 5.41) is 5.61. The zero-order valence-electron chi connectivity index (χ0n) is 17.1. The molecular formula is C21H28N6OS. The Bertz CT molecular complexity index is 914. The van der Waals surface area contributed by atoms with Gasteiger partial charge in [0, 0.05) is 31.6 Å². The molecule has 0 aliphatic carbocycles. The summed E-state index contributed by atoms with van der Waals surface area (Å²) in [6.07, 6.45) is 4.57. The van der Waals surface area contributed by atoms with E-state index in [-0.39, 0.29) is 12.1 Å². The molecule has 0 radical (unpaired) electrons. The van der Waals surface area contributed by atoms with Gasteiger partial charge in [0.15, 0.2) is 10.9 Å². The van der Waals surface area contributed by atoms with Crippen molar-refractivity contribution in [2.75, 3.05) is 46.2 Å². The van der Waals surface area contributed by atoms with Crippen LogP contribution in [-0.2, 0) is 0 Å². The number of rotatable bonds is 2. The van der Waals surface area contributed by atoms with Crippen molar-refractivity contribution < 1.29 is 4.79 Å². The van der Waals surface area contributed by atoms with Crippen molar-refractivity contribution in [3.8, 4) is 0 Å². The van der Waals surface area contributed by atoms with Crippen LogP contribution in [0.2, 0.25) is 0 Å². The highest BCUT2D eigenvalue weighted by Crippen LogP contribution is 2.40. The Hall–Kier alpha value is -2.35. The fraction of sp³-hybridized carbons (Fsp3) is 0.571. The molecule has 5 heterocycles. The van der Waals surface area contributed by atoms with Crippen LogP contribution in [0, 0.1) is 12.8 Å². The molecule has 2 aromatic rings. The number of thiazole rings is 1. The summed E-state index contributed by atoms with van der Waals surface area (Å²) in [7, 11) is 0. The fourth-order valence-corrected chi connectivity index (χ4v) is 5.49. The van der Waals surface area contributed by atoms with Crippen molar-refractivity contribution in [2.24, 2.45) is 5.92 Å². The van der Waals surface area contributed by atoms with Crippen LogP contribution in [0.25, 0.3) is 0 Å². The first-order valence-corrected chi connectivity index (χ1v) is 11.5. The van der Waals surface area contributed by atoms with E-state index in [4.69, 9.17) is 4.98 Å². The number of aromatic nitrogens is 2. The normalized spacial score (nSPS) is 23.7. The number of fused-ring (bicyclic) bond motifs is 4. The van der Waals surface area contributed by atoms with E-state index >= 15 is 0 Å². The number of amides is 2. The van der Waals surface area contributed by atoms with Gasteiger partial charge in [-0.3, -0.25) is 10.2 Å². The fourth-order valence-electron chi connectivity index (χ4n) is 4.81. The zero-order chi connectivity index (χ0) is 20.0. The summed E-state index contributed by atoms with van der Waals surface area (Å²) < 4.78 is 0. The van der Waals surface area contributed by atoms with Crippen LogP contribution in [0.3, 0.4) is 0 Å². The molecule has 2 amide bonds. The van der Waals surface area contributed by atoms with Crippen LogP contribution in [0.1, 0.15) is 38.3 Å². The van der Waals surface area contributed by atoms with Crippen molar-refractivity contribution in [1.29, 1.82) is 0 Å². The zero-order valence-corrected chi connectivity index (χ0v) is 17.9. The maximum atomic E-state index is 13.3. The van der Waals surface area contributed by atoms with E-state index in [1.807, 2.05) is 17.2 Å². The topological polar surface area (TPSA) is 64.6 Å². The van der Waals surface area contributed by atoms with Gasteiger partial charge in [-0.25, -0.2) is 14.8 Å². The molecule has 154 valence electrons. The number of hydrogen-bond donors (Lipinski definition) is 1. The van der Waals surface area contributed by atoms with Crippen LogP contribution in [0.5, 0.6) is 0 Å². The number of piperidine rings is 2. The summed E-state index contributed by atoms with van der Waals surface area (Å²) >= 11 is 1.46. The number of pyridine rings is 1. The van der Waals surface area contributed by atoms with Crippen molar-refractivity contribution in [1.82, 2.24) is 9.97 Å². The van der Waals surface area contributed by atoms with E-state index in [9.17, 15) is 4.79 Å². The predicted octanol–water partition coefficient (Wildman–Crippen LogP) is 4.10. The number of urea groups is 1. The summed E-state index contributed by atoms with van der Waals surface area (Å²) in [6.45, 7) is 8.22. The number of nitrogens with zero attached hydrogens (tertiary/aromatic N) is 5. The lowest BCUT2D eigenvalue weighted by molar-refractivity contribution is 0.252. The third-order valence-electron chi connectivity index (χ3n) is 6.20. The maximum absolute atomic E-state index is 13.3. The smallest absolute Gasteiger partial charge is 0.329 e. The lowest BCUT2D eigenvalue weighted by atomic mass is 9.99. The van der Waals surface area contributed by atoms with Gasteiger partial charge in [0.1, 0.15) is 5.82 Å². The lowest BCUT2D eigenvalue weighted by Gasteiger charge is -2.46. The average Bonchev–Trinajstić information content (AvgIpc) is 3.12. The quantitative estimate of drug-likeness (QED) is 0.804. The Morgan fingerprint density at radius 2 is 1.97 bits per heavy atom. The Morgan fingerprint density at radius 1 is 1.14 bits per heavy atom. The highest BCUT2D eigenvalue weighted by Gasteiger charge is 2.38. The van der Waals surface area contributed by atoms with E-state index in [1.165, 1.54) is 24.2 Å². The number of hydrogen-bond acceptors (Lipinski definition) is 6. The third-order valence-corrected chi connectivity index (χ3v) is 7.08. The molecule has 7 nitrogen and oxygen atoms in total. The molecule has 0 aromatic carbocycles. The summed E-state index contributed by atoms with van der Waals surface area (Å²) in [5.41, 5.74) is 1.99. The molecule has 2 aromatic heterocycles. The predicted molar refractivity (Wildman–Crippen MR) is 118 cm³/mol. The number of anilines is 4. The molecule has 2 saturated heterocycles. The molecular weight excluding hydrogens is 384 g/mol. The molecule has 5 rings (SSSR count). The molecule has 2 fully saturated rings. The molecule has 0 saturated carbocycles. The van der Waals surface area contributed by atoms with Gasteiger partial charge >= 0.3 is 6.03 Å². The summed E-state index contributed by atoms with van der Waals surface area (Å²) in [4.78, 5) is 29.4. The minimum Gasteiger partial charge on any atom is -0.366 e. The van der Waals surface area contributed by atoms with Gasteiger partial charge in [-0.2, -0.15) is 0 Å². The number of aryl methyl sites for hydroxylation is 1. The van der Waals surface area contributed by atoms with Crippen molar-refractivity contribution in [2.45, 2.75) is 45.6 Å². The van der Waals surface area contributed by atoms with E-state index < -0.39 is 0 Å². The van der Waals surface area contributed by atoms with E-state index in [1.54, 1.807) is 0 Å². The average molecular weight is 413 g/mol.